The maximum atomic E-state index is 13.7. The minimum absolute atomic E-state index is 0.184. The number of rotatable bonds is 4. The molecule has 1 saturated heterocycles. The lowest BCUT2D eigenvalue weighted by Crippen LogP contribution is -2.44. The first-order valence-corrected chi connectivity index (χ1v) is 8.94. The number of halogens is 3. The van der Waals surface area contributed by atoms with E-state index in [1.807, 2.05) is 24.3 Å². The lowest BCUT2D eigenvalue weighted by Gasteiger charge is -2.42. The SMILES string of the molecule is CC(c1ccc(Cl)cc1)N1CC(=C(c2cc(F)cc(F)c2)C(C)(C)O)C1. The van der Waals surface area contributed by atoms with Gasteiger partial charge in [0.25, 0.3) is 0 Å². The Hall–Kier alpha value is -1.75. The molecule has 0 aliphatic carbocycles. The molecule has 0 amide bonds. The van der Waals surface area contributed by atoms with E-state index >= 15 is 0 Å². The summed E-state index contributed by atoms with van der Waals surface area (Å²) in [7, 11) is 0. The molecule has 1 aliphatic rings. The zero-order valence-electron chi connectivity index (χ0n) is 15.1. The van der Waals surface area contributed by atoms with Crippen LogP contribution in [0.4, 0.5) is 8.78 Å². The molecule has 2 nitrogen and oxygen atoms in total. The molecule has 1 N–H and O–H groups in total. The van der Waals surface area contributed by atoms with E-state index in [0.717, 1.165) is 17.2 Å². The number of benzene rings is 2. The van der Waals surface area contributed by atoms with Gasteiger partial charge in [0, 0.05) is 30.2 Å². The predicted molar refractivity (Wildman–Crippen MR) is 101 cm³/mol. The smallest absolute Gasteiger partial charge is 0.126 e. The molecule has 138 valence electrons. The van der Waals surface area contributed by atoms with Crippen LogP contribution in [-0.4, -0.2) is 28.7 Å². The first-order chi connectivity index (χ1) is 12.1. The van der Waals surface area contributed by atoms with E-state index < -0.39 is 17.2 Å². The first kappa shape index (κ1) is 19.0. The normalized spacial score (nSPS) is 16.3. The molecule has 0 radical (unpaired) electrons. The van der Waals surface area contributed by atoms with Crippen molar-refractivity contribution in [1.82, 2.24) is 4.90 Å². The fraction of sp³-hybridized carbons (Fsp3) is 0.333. The maximum absolute atomic E-state index is 13.7. The van der Waals surface area contributed by atoms with E-state index in [1.165, 1.54) is 12.1 Å². The largest absolute Gasteiger partial charge is 0.386 e. The zero-order valence-corrected chi connectivity index (χ0v) is 15.8. The van der Waals surface area contributed by atoms with Crippen molar-refractivity contribution in [1.29, 1.82) is 0 Å². The van der Waals surface area contributed by atoms with E-state index in [2.05, 4.69) is 11.8 Å². The summed E-state index contributed by atoms with van der Waals surface area (Å²) >= 11 is 5.94. The number of nitrogens with zero attached hydrogens (tertiary/aromatic N) is 1. The van der Waals surface area contributed by atoms with Crippen molar-refractivity contribution in [2.24, 2.45) is 0 Å². The van der Waals surface area contributed by atoms with Gasteiger partial charge < -0.3 is 5.11 Å². The van der Waals surface area contributed by atoms with Crippen LogP contribution >= 0.6 is 11.6 Å². The van der Waals surface area contributed by atoms with Crippen molar-refractivity contribution < 1.29 is 13.9 Å². The summed E-state index contributed by atoms with van der Waals surface area (Å²) in [5.41, 5.74) is 1.93. The van der Waals surface area contributed by atoms with E-state index in [1.54, 1.807) is 13.8 Å². The molecule has 1 fully saturated rings. The average Bonchev–Trinajstić information content (AvgIpc) is 2.48. The minimum atomic E-state index is -1.19. The Morgan fingerprint density at radius 2 is 1.62 bits per heavy atom. The molecule has 0 spiro atoms. The van der Waals surface area contributed by atoms with Gasteiger partial charge in [-0.1, -0.05) is 23.7 Å². The van der Waals surface area contributed by atoms with Crippen LogP contribution in [0.5, 0.6) is 0 Å². The van der Waals surface area contributed by atoms with Crippen molar-refractivity contribution in [2.75, 3.05) is 13.1 Å². The van der Waals surface area contributed by atoms with Gasteiger partial charge >= 0.3 is 0 Å². The number of likely N-dealkylation sites (tertiary alicyclic amines) is 1. The Bertz CT molecular complexity index is 812. The van der Waals surface area contributed by atoms with Crippen LogP contribution < -0.4 is 0 Å². The molecule has 0 bridgehead atoms. The van der Waals surface area contributed by atoms with Crippen molar-refractivity contribution in [3.05, 3.63) is 75.8 Å². The third-order valence-electron chi connectivity index (χ3n) is 4.80. The molecule has 1 unspecified atom stereocenters. The summed E-state index contributed by atoms with van der Waals surface area (Å²) in [6.07, 6.45) is 0. The van der Waals surface area contributed by atoms with Gasteiger partial charge in [-0.05, 0) is 67.3 Å². The highest BCUT2D eigenvalue weighted by molar-refractivity contribution is 6.30. The maximum Gasteiger partial charge on any atom is 0.126 e. The Labute approximate surface area is 157 Å². The van der Waals surface area contributed by atoms with Crippen LogP contribution in [0.2, 0.25) is 5.02 Å². The Morgan fingerprint density at radius 1 is 1.08 bits per heavy atom. The lowest BCUT2D eigenvalue weighted by atomic mass is 9.83. The van der Waals surface area contributed by atoms with E-state index in [9.17, 15) is 13.9 Å². The van der Waals surface area contributed by atoms with Crippen molar-refractivity contribution in [3.63, 3.8) is 0 Å². The standard InChI is InChI=1S/C21H22ClF2NO/c1-13(14-4-6-17(22)7-5-14)25-11-16(12-25)20(21(2,3)26)15-8-18(23)10-19(24)9-15/h4-10,13,26H,11-12H2,1-3H3. The highest BCUT2D eigenvalue weighted by Gasteiger charge is 2.33. The summed E-state index contributed by atoms with van der Waals surface area (Å²) in [5, 5.41) is 11.3. The summed E-state index contributed by atoms with van der Waals surface area (Å²) in [6, 6.07) is 11.3. The molecule has 1 aliphatic heterocycles. The van der Waals surface area contributed by atoms with Gasteiger partial charge in [-0.15, -0.1) is 0 Å². The van der Waals surface area contributed by atoms with Gasteiger partial charge in [-0.25, -0.2) is 8.78 Å². The van der Waals surface area contributed by atoms with Crippen LogP contribution in [-0.2, 0) is 0 Å². The van der Waals surface area contributed by atoms with Gasteiger partial charge in [0.2, 0.25) is 0 Å². The van der Waals surface area contributed by atoms with Gasteiger partial charge in [-0.3, -0.25) is 4.90 Å². The molecule has 0 saturated carbocycles. The lowest BCUT2D eigenvalue weighted by molar-refractivity contribution is 0.135. The minimum Gasteiger partial charge on any atom is -0.386 e. The summed E-state index contributed by atoms with van der Waals surface area (Å²) < 4.78 is 27.3. The molecule has 0 aromatic heterocycles. The van der Waals surface area contributed by atoms with Gasteiger partial charge in [0.05, 0.1) is 5.60 Å². The third-order valence-corrected chi connectivity index (χ3v) is 5.06. The highest BCUT2D eigenvalue weighted by atomic mass is 35.5. The predicted octanol–water partition coefficient (Wildman–Crippen LogP) is 5.22. The van der Waals surface area contributed by atoms with Crippen molar-refractivity contribution >= 4 is 17.2 Å². The summed E-state index contributed by atoms with van der Waals surface area (Å²) in [6.45, 7) is 6.67. The zero-order chi connectivity index (χ0) is 19.1. The Kier molecular flexibility index (Phi) is 5.20. The number of aliphatic hydroxyl groups is 1. The third kappa shape index (κ3) is 3.98. The molecule has 1 atom stereocenters. The molecule has 3 rings (SSSR count). The first-order valence-electron chi connectivity index (χ1n) is 8.56. The second-order valence-electron chi connectivity index (χ2n) is 7.33. The molecule has 5 heteroatoms. The quantitative estimate of drug-likeness (QED) is 0.789. The van der Waals surface area contributed by atoms with Crippen molar-refractivity contribution in [2.45, 2.75) is 32.4 Å². The highest BCUT2D eigenvalue weighted by Crippen LogP contribution is 2.38. The van der Waals surface area contributed by atoms with Gasteiger partial charge in [0.1, 0.15) is 11.6 Å². The topological polar surface area (TPSA) is 23.5 Å². The van der Waals surface area contributed by atoms with Crippen LogP contribution in [0.15, 0.2) is 48.0 Å². The van der Waals surface area contributed by atoms with Gasteiger partial charge in [-0.2, -0.15) is 0 Å². The second kappa shape index (κ2) is 7.10. The second-order valence-corrected chi connectivity index (χ2v) is 7.76. The molecular formula is C21H22ClF2NO. The van der Waals surface area contributed by atoms with Crippen LogP contribution in [0, 0.1) is 11.6 Å². The Morgan fingerprint density at radius 3 is 2.12 bits per heavy atom. The monoisotopic (exact) mass is 377 g/mol. The van der Waals surface area contributed by atoms with E-state index in [-0.39, 0.29) is 6.04 Å². The van der Waals surface area contributed by atoms with Gasteiger partial charge in [0.15, 0.2) is 0 Å². The number of hydrogen-bond donors (Lipinski definition) is 1. The summed E-state index contributed by atoms with van der Waals surface area (Å²) in [4.78, 5) is 2.24. The van der Waals surface area contributed by atoms with Crippen LogP contribution in [0.1, 0.15) is 37.9 Å². The molecule has 1 heterocycles. The number of hydrogen-bond acceptors (Lipinski definition) is 2. The van der Waals surface area contributed by atoms with Crippen LogP contribution in [0.3, 0.4) is 0 Å². The molecular weight excluding hydrogens is 356 g/mol. The molecule has 2 aromatic carbocycles. The van der Waals surface area contributed by atoms with E-state index in [4.69, 9.17) is 11.6 Å². The van der Waals surface area contributed by atoms with E-state index in [0.29, 0.717) is 29.2 Å². The fourth-order valence-electron chi connectivity index (χ4n) is 3.52. The van der Waals surface area contributed by atoms with Crippen molar-refractivity contribution in [3.8, 4) is 0 Å². The Balaban J connectivity index is 1.87. The summed E-state index contributed by atoms with van der Waals surface area (Å²) in [5.74, 6) is -1.29. The molecule has 26 heavy (non-hydrogen) atoms. The molecule has 2 aromatic rings. The van der Waals surface area contributed by atoms with Crippen LogP contribution in [0.25, 0.3) is 5.57 Å². The average molecular weight is 378 g/mol. The fourth-order valence-corrected chi connectivity index (χ4v) is 3.64.